The van der Waals surface area contributed by atoms with E-state index in [0.717, 1.165) is 0 Å². The van der Waals surface area contributed by atoms with E-state index in [4.69, 9.17) is 26.7 Å². The van der Waals surface area contributed by atoms with Gasteiger partial charge in [-0.05, 0) is 0 Å². The van der Waals surface area contributed by atoms with Crippen molar-refractivity contribution in [3.8, 4) is 12.3 Å². The fourth-order valence-electron chi connectivity index (χ4n) is 3.04. The maximum Gasteiger partial charge on any atom is 0.481 e. The van der Waals surface area contributed by atoms with E-state index in [1.54, 1.807) is 19.0 Å². The number of hydrogen-bond donors (Lipinski definition) is 5. The normalized spacial score (nSPS) is 26.0. The van der Waals surface area contributed by atoms with E-state index in [2.05, 4.69) is 29.7 Å². The Morgan fingerprint density at radius 1 is 1.35 bits per heavy atom. The number of terminal acetylenes is 1. The van der Waals surface area contributed by atoms with Crippen LogP contribution in [0.15, 0.2) is 6.33 Å². The molecule has 1 saturated heterocycles. The molecule has 170 valence electrons. The Morgan fingerprint density at radius 3 is 2.61 bits per heavy atom. The van der Waals surface area contributed by atoms with E-state index in [-0.39, 0.29) is 11.6 Å². The van der Waals surface area contributed by atoms with Crippen LogP contribution < -0.4 is 10.6 Å². The molecule has 1 unspecified atom stereocenters. The minimum Gasteiger partial charge on any atom is -0.389 e. The number of nitrogens with zero attached hydrogens (tertiary/aromatic N) is 5. The van der Waals surface area contributed by atoms with E-state index in [1.165, 1.54) is 10.9 Å². The molecule has 5 atom stereocenters. The molecule has 0 spiro atoms. The van der Waals surface area contributed by atoms with Crippen LogP contribution in [0.5, 0.6) is 0 Å². The maximum atomic E-state index is 11.7. The van der Waals surface area contributed by atoms with Crippen LogP contribution in [0.2, 0.25) is 0 Å². The van der Waals surface area contributed by atoms with Gasteiger partial charge in [-0.2, -0.15) is 14.3 Å². The van der Waals surface area contributed by atoms with Crippen LogP contribution >= 0.6 is 15.6 Å². The molecule has 1 aliphatic rings. The predicted molar refractivity (Wildman–Crippen MR) is 105 cm³/mol. The summed E-state index contributed by atoms with van der Waals surface area (Å²) in [5.41, 5.74) is 6.44. The summed E-state index contributed by atoms with van der Waals surface area (Å²) in [6.45, 7) is -0.754. The zero-order chi connectivity index (χ0) is 23.1. The Kier molecular flexibility index (Phi) is 6.41. The summed E-state index contributed by atoms with van der Waals surface area (Å²) in [7, 11) is -6.95. The van der Waals surface area contributed by atoms with Crippen molar-refractivity contribution in [2.75, 3.05) is 31.3 Å². The Labute approximate surface area is 175 Å². The van der Waals surface area contributed by atoms with E-state index >= 15 is 0 Å². The first-order valence-electron chi connectivity index (χ1n) is 8.54. The smallest absolute Gasteiger partial charge is 0.389 e. The van der Waals surface area contributed by atoms with Crippen LogP contribution in [0.1, 0.15) is 6.23 Å². The molecule has 17 heteroatoms. The van der Waals surface area contributed by atoms with Crippen LogP contribution in [0.4, 0.5) is 11.8 Å². The van der Waals surface area contributed by atoms with Gasteiger partial charge in [0.2, 0.25) is 5.95 Å². The second-order valence-electron chi connectivity index (χ2n) is 6.71. The van der Waals surface area contributed by atoms with Gasteiger partial charge >= 0.3 is 15.6 Å². The molecule has 3 heterocycles. The molecule has 0 radical (unpaired) electrons. The van der Waals surface area contributed by atoms with Crippen molar-refractivity contribution in [3.63, 3.8) is 0 Å². The van der Waals surface area contributed by atoms with Gasteiger partial charge in [0.05, 0.1) is 18.9 Å². The molecule has 2 aromatic rings. The van der Waals surface area contributed by atoms with Crippen LogP contribution in [-0.4, -0.2) is 72.2 Å². The van der Waals surface area contributed by atoms with Gasteiger partial charge in [0.1, 0.15) is 12.2 Å². The summed E-state index contributed by atoms with van der Waals surface area (Å²) in [6.07, 6.45) is 3.29. The fourth-order valence-corrected chi connectivity index (χ4v) is 4.64. The van der Waals surface area contributed by atoms with Crippen molar-refractivity contribution in [2.24, 2.45) is 5.92 Å². The molecule has 0 bridgehead atoms. The molecule has 0 aromatic carbocycles. The van der Waals surface area contributed by atoms with Crippen LogP contribution in [0.3, 0.4) is 0 Å². The SMILES string of the molecule is C#C[C@H]1[C@H](O)[C@@H](COP(=O)(O)OP(=O)(O)O)O[C@H]1n1cnc2c(N(C)C)nc(N)nc21. The number of nitrogen functional groups attached to an aromatic ring is 1. The number of aromatic nitrogens is 4. The standard InChI is InChI=1S/C14H20N6O9P2/c1-4-7-10(21)8(5-27-31(25,26)29-30(22,23)24)28-13(7)20-6-16-9-11(19(2)3)17-14(15)18-12(9)20/h1,6-8,10,13,21H,5H2,2-3H3,(H,25,26)(H2,15,17,18)(H2,22,23,24)/t7-,8+,10-,13+/m0/s1. The number of nitrogens with two attached hydrogens (primary N) is 1. The largest absolute Gasteiger partial charge is 0.481 e. The van der Waals surface area contributed by atoms with Gasteiger partial charge in [0.15, 0.2) is 23.2 Å². The zero-order valence-corrected chi connectivity index (χ0v) is 18.0. The minimum atomic E-state index is -5.29. The zero-order valence-electron chi connectivity index (χ0n) is 16.2. The first-order chi connectivity index (χ1) is 14.3. The molecular weight excluding hydrogens is 458 g/mol. The van der Waals surface area contributed by atoms with Crippen molar-refractivity contribution in [2.45, 2.75) is 18.4 Å². The van der Waals surface area contributed by atoms with Crippen LogP contribution in [-0.2, 0) is 22.7 Å². The van der Waals surface area contributed by atoms with Crippen LogP contribution in [0, 0.1) is 18.3 Å². The second-order valence-corrected chi connectivity index (χ2v) is 9.54. The van der Waals surface area contributed by atoms with E-state index in [0.29, 0.717) is 11.3 Å². The molecule has 15 nitrogen and oxygen atoms in total. The predicted octanol–water partition coefficient (Wildman–Crippen LogP) is -0.791. The lowest BCUT2D eigenvalue weighted by Crippen LogP contribution is -2.29. The third-order valence-corrected chi connectivity index (χ3v) is 6.44. The highest BCUT2D eigenvalue weighted by Crippen LogP contribution is 2.57. The average Bonchev–Trinajstić information content (AvgIpc) is 3.17. The van der Waals surface area contributed by atoms with E-state index in [1.807, 2.05) is 0 Å². The lowest BCUT2D eigenvalue weighted by Gasteiger charge is -2.18. The van der Waals surface area contributed by atoms with Crippen molar-refractivity contribution in [1.82, 2.24) is 19.5 Å². The van der Waals surface area contributed by atoms with Gasteiger partial charge in [-0.3, -0.25) is 9.09 Å². The van der Waals surface area contributed by atoms with Gasteiger partial charge in [-0.1, -0.05) is 5.92 Å². The van der Waals surface area contributed by atoms with Crippen molar-refractivity contribution in [1.29, 1.82) is 0 Å². The molecule has 1 fully saturated rings. The summed E-state index contributed by atoms with van der Waals surface area (Å²) >= 11 is 0. The summed E-state index contributed by atoms with van der Waals surface area (Å²) in [4.78, 5) is 41.0. The lowest BCUT2D eigenvalue weighted by atomic mass is 10.0. The Balaban J connectivity index is 1.87. The third kappa shape index (κ3) is 5.04. The van der Waals surface area contributed by atoms with E-state index < -0.39 is 46.6 Å². The monoisotopic (exact) mass is 478 g/mol. The highest BCUT2D eigenvalue weighted by atomic mass is 31.3. The summed E-state index contributed by atoms with van der Waals surface area (Å²) in [6, 6.07) is 0. The first kappa shape index (κ1) is 23.6. The molecule has 0 aliphatic carbocycles. The number of ether oxygens (including phenoxy) is 1. The van der Waals surface area contributed by atoms with Gasteiger partial charge in [-0.15, -0.1) is 6.42 Å². The number of hydrogen-bond acceptors (Lipinski definition) is 11. The average molecular weight is 478 g/mol. The Bertz CT molecular complexity index is 1110. The number of anilines is 2. The van der Waals surface area contributed by atoms with Crippen molar-refractivity contribution >= 4 is 38.6 Å². The Hall–Kier alpha value is -2.11. The molecular formula is C14H20N6O9P2. The van der Waals surface area contributed by atoms with E-state index in [9.17, 15) is 19.1 Å². The van der Waals surface area contributed by atoms with Gasteiger partial charge in [0, 0.05) is 14.1 Å². The highest BCUT2D eigenvalue weighted by molar-refractivity contribution is 7.60. The quantitative estimate of drug-likeness (QED) is 0.243. The summed E-state index contributed by atoms with van der Waals surface area (Å²) in [5.74, 6) is 1.83. The van der Waals surface area contributed by atoms with Gasteiger partial charge < -0.3 is 35.2 Å². The second kappa shape index (κ2) is 8.44. The molecule has 0 amide bonds. The minimum absolute atomic E-state index is 0.0376. The number of aliphatic hydroxyl groups is 1. The number of imidazole rings is 1. The number of aliphatic hydroxyl groups excluding tert-OH is 1. The molecule has 6 N–H and O–H groups in total. The summed E-state index contributed by atoms with van der Waals surface area (Å²) in [5, 5.41) is 10.5. The maximum absolute atomic E-state index is 11.7. The highest BCUT2D eigenvalue weighted by Gasteiger charge is 2.46. The Morgan fingerprint density at radius 2 is 2.03 bits per heavy atom. The number of phosphoric acid groups is 2. The fraction of sp³-hybridized carbons (Fsp3) is 0.500. The van der Waals surface area contributed by atoms with Crippen LogP contribution in [0.25, 0.3) is 11.2 Å². The molecule has 1 aliphatic heterocycles. The molecule has 3 rings (SSSR count). The number of phosphoric ester groups is 1. The van der Waals surface area contributed by atoms with Crippen molar-refractivity contribution < 1.29 is 42.5 Å². The first-order valence-corrected chi connectivity index (χ1v) is 11.6. The molecule has 31 heavy (non-hydrogen) atoms. The van der Waals surface area contributed by atoms with Gasteiger partial charge in [-0.25, -0.2) is 14.1 Å². The number of fused-ring (bicyclic) bond motifs is 1. The lowest BCUT2D eigenvalue weighted by molar-refractivity contribution is -0.0432. The van der Waals surface area contributed by atoms with Crippen molar-refractivity contribution in [3.05, 3.63) is 6.33 Å². The summed E-state index contributed by atoms with van der Waals surface area (Å²) < 4.78 is 37.8. The topological polar surface area (TPSA) is 216 Å². The third-order valence-electron chi connectivity index (χ3n) is 4.29. The molecule has 0 saturated carbocycles. The molecule has 2 aromatic heterocycles. The number of rotatable bonds is 7. The van der Waals surface area contributed by atoms with Gasteiger partial charge in [0.25, 0.3) is 0 Å².